The van der Waals surface area contributed by atoms with Crippen molar-refractivity contribution in [3.05, 3.63) is 11.3 Å². The summed E-state index contributed by atoms with van der Waals surface area (Å²) in [6.45, 7) is 4.77. The van der Waals surface area contributed by atoms with Crippen molar-refractivity contribution in [1.29, 1.82) is 0 Å². The van der Waals surface area contributed by atoms with Crippen LogP contribution in [0.2, 0.25) is 0 Å². The molecule has 0 amide bonds. The van der Waals surface area contributed by atoms with Crippen molar-refractivity contribution in [2.24, 2.45) is 0 Å². The minimum Gasteiger partial charge on any atom is -0.461 e. The Labute approximate surface area is 94.6 Å². The molecule has 0 radical (unpaired) electrons. The first-order valence-corrected chi connectivity index (χ1v) is 5.72. The molecule has 0 aliphatic heterocycles. The van der Waals surface area contributed by atoms with Gasteiger partial charge in [-0.3, -0.25) is 0 Å². The molecule has 1 saturated carbocycles. The molecular formula is C11H17N3O2. The number of aryl methyl sites for hydroxylation is 1. The van der Waals surface area contributed by atoms with Crippen LogP contribution in [0.5, 0.6) is 0 Å². The topological polar surface area (TPSA) is 70.1 Å². The molecule has 0 atom stereocenters. The Hall–Kier alpha value is -1.52. The molecule has 0 aromatic carbocycles. The average molecular weight is 223 g/mol. The van der Waals surface area contributed by atoms with Gasteiger partial charge in [-0.25, -0.2) is 9.48 Å². The van der Waals surface area contributed by atoms with Crippen LogP contribution in [0, 0.1) is 0 Å². The first kappa shape index (κ1) is 11.0. The highest BCUT2D eigenvalue weighted by Gasteiger charge is 2.34. The van der Waals surface area contributed by atoms with Gasteiger partial charge in [0.25, 0.3) is 0 Å². The van der Waals surface area contributed by atoms with Crippen molar-refractivity contribution in [3.8, 4) is 0 Å². The maximum atomic E-state index is 11.7. The van der Waals surface area contributed by atoms with Gasteiger partial charge < -0.3 is 10.5 Å². The molecular weight excluding hydrogens is 206 g/mol. The third kappa shape index (κ3) is 1.77. The molecule has 1 aliphatic carbocycles. The summed E-state index contributed by atoms with van der Waals surface area (Å²) in [5.41, 5.74) is 7.28. The zero-order valence-electron chi connectivity index (χ0n) is 9.69. The van der Waals surface area contributed by atoms with Crippen LogP contribution < -0.4 is 5.73 Å². The Morgan fingerprint density at radius 2 is 2.25 bits per heavy atom. The monoisotopic (exact) mass is 223 g/mol. The lowest BCUT2D eigenvalue weighted by Gasteiger charge is -2.01. The average Bonchev–Trinajstić information content (AvgIpc) is 3.03. The summed E-state index contributed by atoms with van der Waals surface area (Å²) in [5.74, 6) is 0.663. The van der Waals surface area contributed by atoms with Crippen molar-refractivity contribution in [2.75, 3.05) is 12.3 Å². The summed E-state index contributed by atoms with van der Waals surface area (Å²) in [5, 5.41) is 4.23. The zero-order chi connectivity index (χ0) is 11.7. The number of aromatic nitrogens is 2. The number of ether oxygens (including phenoxy) is 1. The molecule has 2 N–H and O–H groups in total. The highest BCUT2D eigenvalue weighted by Crippen LogP contribution is 2.44. The number of hydrogen-bond acceptors (Lipinski definition) is 4. The maximum absolute atomic E-state index is 11.7. The summed E-state index contributed by atoms with van der Waals surface area (Å²) in [6.07, 6.45) is 2.18. The molecule has 1 aromatic rings. The van der Waals surface area contributed by atoms with Gasteiger partial charge in [0.05, 0.1) is 6.61 Å². The van der Waals surface area contributed by atoms with Gasteiger partial charge in [-0.05, 0) is 32.6 Å². The van der Waals surface area contributed by atoms with Crippen molar-refractivity contribution >= 4 is 11.8 Å². The van der Waals surface area contributed by atoms with Crippen LogP contribution in [0.3, 0.4) is 0 Å². The number of nitrogens with zero attached hydrogens (tertiary/aromatic N) is 2. The number of anilines is 1. The van der Waals surface area contributed by atoms with E-state index in [0.29, 0.717) is 30.6 Å². The van der Waals surface area contributed by atoms with Gasteiger partial charge in [-0.15, -0.1) is 0 Å². The van der Waals surface area contributed by atoms with Crippen LogP contribution in [0.4, 0.5) is 5.82 Å². The van der Waals surface area contributed by atoms with E-state index in [4.69, 9.17) is 10.5 Å². The Bertz CT molecular complexity index is 408. The highest BCUT2D eigenvalue weighted by atomic mass is 16.5. The molecule has 5 nitrogen and oxygen atoms in total. The SMILES string of the molecule is CCOC(=O)c1nn(CC)c(N)c1C1CC1. The van der Waals surface area contributed by atoms with Gasteiger partial charge in [-0.1, -0.05) is 0 Å². The van der Waals surface area contributed by atoms with E-state index in [0.717, 1.165) is 18.4 Å². The number of carbonyl (C=O) groups excluding carboxylic acids is 1. The van der Waals surface area contributed by atoms with Gasteiger partial charge >= 0.3 is 5.97 Å². The molecule has 5 heteroatoms. The van der Waals surface area contributed by atoms with E-state index >= 15 is 0 Å². The van der Waals surface area contributed by atoms with E-state index in [1.165, 1.54) is 0 Å². The van der Waals surface area contributed by atoms with Crippen LogP contribution in [0.1, 0.15) is 48.7 Å². The van der Waals surface area contributed by atoms with E-state index in [-0.39, 0.29) is 5.97 Å². The summed E-state index contributed by atoms with van der Waals surface area (Å²) in [6, 6.07) is 0. The summed E-state index contributed by atoms with van der Waals surface area (Å²) >= 11 is 0. The Morgan fingerprint density at radius 1 is 1.56 bits per heavy atom. The second kappa shape index (κ2) is 4.15. The lowest BCUT2D eigenvalue weighted by molar-refractivity contribution is 0.0517. The van der Waals surface area contributed by atoms with Crippen molar-refractivity contribution in [2.45, 2.75) is 39.2 Å². The number of nitrogens with two attached hydrogens (primary N) is 1. The third-order valence-electron chi connectivity index (χ3n) is 2.78. The fourth-order valence-corrected chi connectivity index (χ4v) is 1.85. The van der Waals surface area contributed by atoms with Gasteiger partial charge in [0.1, 0.15) is 5.82 Å². The van der Waals surface area contributed by atoms with Crippen LogP contribution in [0.15, 0.2) is 0 Å². The van der Waals surface area contributed by atoms with Crippen LogP contribution in [-0.2, 0) is 11.3 Å². The highest BCUT2D eigenvalue weighted by molar-refractivity contribution is 5.90. The van der Waals surface area contributed by atoms with Gasteiger partial charge in [0.15, 0.2) is 5.69 Å². The molecule has 0 saturated heterocycles. The van der Waals surface area contributed by atoms with E-state index < -0.39 is 0 Å². The van der Waals surface area contributed by atoms with Gasteiger partial charge in [0, 0.05) is 12.1 Å². The molecule has 1 fully saturated rings. The first-order chi connectivity index (χ1) is 7.69. The lowest BCUT2D eigenvalue weighted by Crippen LogP contribution is -2.08. The van der Waals surface area contributed by atoms with Crippen molar-refractivity contribution in [1.82, 2.24) is 9.78 Å². The molecule has 88 valence electrons. The molecule has 0 spiro atoms. The van der Waals surface area contributed by atoms with Gasteiger partial charge in [0.2, 0.25) is 0 Å². The normalized spacial score (nSPS) is 15.1. The predicted molar refractivity (Wildman–Crippen MR) is 60.2 cm³/mol. The Balaban J connectivity index is 2.38. The first-order valence-electron chi connectivity index (χ1n) is 5.72. The van der Waals surface area contributed by atoms with E-state index in [2.05, 4.69) is 5.10 Å². The molecule has 1 heterocycles. The minimum atomic E-state index is -0.358. The fraction of sp³-hybridized carbons (Fsp3) is 0.636. The largest absolute Gasteiger partial charge is 0.461 e. The summed E-state index contributed by atoms with van der Waals surface area (Å²) in [7, 11) is 0. The predicted octanol–water partition coefficient (Wildman–Crippen LogP) is 1.54. The van der Waals surface area contributed by atoms with Crippen molar-refractivity contribution < 1.29 is 9.53 Å². The van der Waals surface area contributed by atoms with E-state index in [1.807, 2.05) is 6.92 Å². The van der Waals surface area contributed by atoms with Crippen LogP contribution in [-0.4, -0.2) is 22.4 Å². The van der Waals surface area contributed by atoms with Gasteiger partial charge in [-0.2, -0.15) is 5.10 Å². The quantitative estimate of drug-likeness (QED) is 0.786. The Kier molecular flexibility index (Phi) is 2.85. The second-order valence-corrected chi connectivity index (χ2v) is 3.96. The third-order valence-corrected chi connectivity index (χ3v) is 2.78. The molecule has 0 unspecified atom stereocenters. The maximum Gasteiger partial charge on any atom is 0.359 e. The smallest absolute Gasteiger partial charge is 0.359 e. The Morgan fingerprint density at radius 3 is 2.75 bits per heavy atom. The summed E-state index contributed by atoms with van der Waals surface area (Å²) < 4.78 is 6.66. The number of carbonyl (C=O) groups is 1. The minimum absolute atomic E-state index is 0.358. The fourth-order valence-electron chi connectivity index (χ4n) is 1.85. The van der Waals surface area contributed by atoms with Crippen LogP contribution >= 0.6 is 0 Å². The summed E-state index contributed by atoms with van der Waals surface area (Å²) in [4.78, 5) is 11.7. The standard InChI is InChI=1S/C11H17N3O2/c1-3-14-10(12)8(7-5-6-7)9(13-14)11(15)16-4-2/h7H,3-6,12H2,1-2H3. The lowest BCUT2D eigenvalue weighted by atomic mass is 10.1. The van der Waals surface area contributed by atoms with E-state index in [1.54, 1.807) is 11.6 Å². The second-order valence-electron chi connectivity index (χ2n) is 3.96. The molecule has 1 aromatic heterocycles. The number of nitrogen functional groups attached to an aromatic ring is 1. The molecule has 2 rings (SSSR count). The van der Waals surface area contributed by atoms with Crippen LogP contribution in [0.25, 0.3) is 0 Å². The molecule has 0 bridgehead atoms. The number of rotatable bonds is 4. The van der Waals surface area contributed by atoms with E-state index in [9.17, 15) is 4.79 Å². The zero-order valence-corrected chi connectivity index (χ0v) is 9.69. The molecule has 16 heavy (non-hydrogen) atoms. The number of hydrogen-bond donors (Lipinski definition) is 1. The van der Waals surface area contributed by atoms with Crippen molar-refractivity contribution in [3.63, 3.8) is 0 Å². The molecule has 1 aliphatic rings. The number of esters is 1.